The van der Waals surface area contributed by atoms with Crippen molar-refractivity contribution >= 4 is 16.5 Å². The Morgan fingerprint density at radius 2 is 2.30 bits per heavy atom. The number of nitrogens with zero attached hydrogens (tertiary/aromatic N) is 2. The van der Waals surface area contributed by atoms with Gasteiger partial charge in [0.05, 0.1) is 12.3 Å². The lowest BCUT2D eigenvalue weighted by atomic mass is 9.95. The summed E-state index contributed by atoms with van der Waals surface area (Å²) < 4.78 is 5.28. The van der Waals surface area contributed by atoms with Gasteiger partial charge in [-0.15, -0.1) is 11.3 Å². The maximum absolute atomic E-state index is 5.28. The number of rotatable bonds is 7. The van der Waals surface area contributed by atoms with E-state index in [9.17, 15) is 0 Å². The fourth-order valence-electron chi connectivity index (χ4n) is 2.64. The molecule has 0 aliphatic carbocycles. The summed E-state index contributed by atoms with van der Waals surface area (Å²) in [5.74, 6) is 1.57. The van der Waals surface area contributed by atoms with Gasteiger partial charge in [-0.25, -0.2) is 4.98 Å². The normalized spacial score (nSPS) is 19.2. The molecule has 1 aliphatic rings. The van der Waals surface area contributed by atoms with Gasteiger partial charge in [0.25, 0.3) is 0 Å². The Kier molecular flexibility index (Phi) is 5.81. The van der Waals surface area contributed by atoms with Gasteiger partial charge >= 0.3 is 0 Å². The second kappa shape index (κ2) is 7.38. The summed E-state index contributed by atoms with van der Waals surface area (Å²) in [5, 5.41) is 4.56. The molecule has 0 saturated carbocycles. The average molecular weight is 297 g/mol. The van der Waals surface area contributed by atoms with E-state index < -0.39 is 0 Å². The SMILES string of the molecule is CCNCc1sc(N2CCC(C(C)C)C2)nc1COC. The molecule has 1 aromatic heterocycles. The van der Waals surface area contributed by atoms with E-state index in [0.29, 0.717) is 6.61 Å². The maximum Gasteiger partial charge on any atom is 0.185 e. The Morgan fingerprint density at radius 1 is 1.50 bits per heavy atom. The number of anilines is 1. The third kappa shape index (κ3) is 3.71. The van der Waals surface area contributed by atoms with Gasteiger partial charge < -0.3 is 15.0 Å². The van der Waals surface area contributed by atoms with Crippen molar-refractivity contribution in [2.24, 2.45) is 11.8 Å². The predicted octanol–water partition coefficient (Wildman–Crippen LogP) is 2.88. The molecule has 1 atom stereocenters. The van der Waals surface area contributed by atoms with Crippen LogP contribution in [0.3, 0.4) is 0 Å². The molecule has 0 amide bonds. The van der Waals surface area contributed by atoms with Crippen molar-refractivity contribution in [2.75, 3.05) is 31.6 Å². The van der Waals surface area contributed by atoms with Crippen molar-refractivity contribution in [3.05, 3.63) is 10.6 Å². The van der Waals surface area contributed by atoms with Crippen LogP contribution in [0.5, 0.6) is 0 Å². The van der Waals surface area contributed by atoms with Crippen molar-refractivity contribution in [1.29, 1.82) is 0 Å². The quantitative estimate of drug-likeness (QED) is 0.840. The van der Waals surface area contributed by atoms with Gasteiger partial charge in [0.15, 0.2) is 5.13 Å². The van der Waals surface area contributed by atoms with E-state index in [1.54, 1.807) is 7.11 Å². The molecule has 0 aromatic carbocycles. The zero-order valence-corrected chi connectivity index (χ0v) is 13.9. The summed E-state index contributed by atoms with van der Waals surface area (Å²) in [5.41, 5.74) is 1.10. The minimum atomic E-state index is 0.610. The molecular formula is C15H27N3OS. The molecule has 2 rings (SSSR count). The van der Waals surface area contributed by atoms with Crippen LogP contribution in [0.2, 0.25) is 0 Å². The average Bonchev–Trinajstić information content (AvgIpc) is 3.03. The molecule has 1 aliphatic heterocycles. The van der Waals surface area contributed by atoms with E-state index in [0.717, 1.165) is 43.7 Å². The van der Waals surface area contributed by atoms with Crippen molar-refractivity contribution in [3.63, 3.8) is 0 Å². The summed E-state index contributed by atoms with van der Waals surface area (Å²) in [6.45, 7) is 11.6. The Bertz CT molecular complexity index is 419. The highest BCUT2D eigenvalue weighted by Crippen LogP contribution is 2.33. The van der Waals surface area contributed by atoms with Crippen LogP contribution in [-0.4, -0.2) is 31.7 Å². The molecule has 0 spiro atoms. The Labute approximate surface area is 126 Å². The molecule has 5 heteroatoms. The third-order valence-electron chi connectivity index (χ3n) is 4.02. The summed E-state index contributed by atoms with van der Waals surface area (Å²) in [6.07, 6.45) is 1.29. The molecule has 114 valence electrons. The number of aromatic nitrogens is 1. The smallest absolute Gasteiger partial charge is 0.185 e. The molecule has 2 heterocycles. The molecule has 1 N–H and O–H groups in total. The number of ether oxygens (including phenoxy) is 1. The fraction of sp³-hybridized carbons (Fsp3) is 0.800. The van der Waals surface area contributed by atoms with Crippen LogP contribution in [0.25, 0.3) is 0 Å². The highest BCUT2D eigenvalue weighted by molar-refractivity contribution is 7.15. The van der Waals surface area contributed by atoms with E-state index in [2.05, 4.69) is 31.0 Å². The summed E-state index contributed by atoms with van der Waals surface area (Å²) in [4.78, 5) is 8.57. The number of hydrogen-bond acceptors (Lipinski definition) is 5. The van der Waals surface area contributed by atoms with Crippen LogP contribution in [0.4, 0.5) is 5.13 Å². The lowest BCUT2D eigenvalue weighted by Crippen LogP contribution is -2.21. The Balaban J connectivity index is 2.08. The van der Waals surface area contributed by atoms with Crippen LogP contribution in [0, 0.1) is 11.8 Å². The topological polar surface area (TPSA) is 37.4 Å². The molecule has 1 saturated heterocycles. The lowest BCUT2D eigenvalue weighted by molar-refractivity contribution is 0.181. The minimum Gasteiger partial charge on any atom is -0.378 e. The largest absolute Gasteiger partial charge is 0.378 e. The fourth-order valence-corrected chi connectivity index (χ4v) is 3.70. The summed E-state index contributed by atoms with van der Waals surface area (Å²) in [7, 11) is 1.74. The Morgan fingerprint density at radius 3 is 2.90 bits per heavy atom. The van der Waals surface area contributed by atoms with E-state index >= 15 is 0 Å². The minimum absolute atomic E-state index is 0.610. The van der Waals surface area contributed by atoms with Gasteiger partial charge in [-0.05, 0) is 24.8 Å². The van der Waals surface area contributed by atoms with Crippen LogP contribution >= 0.6 is 11.3 Å². The first-order valence-electron chi connectivity index (χ1n) is 7.58. The van der Waals surface area contributed by atoms with Crippen LogP contribution in [-0.2, 0) is 17.9 Å². The van der Waals surface area contributed by atoms with Gasteiger partial charge in [0.2, 0.25) is 0 Å². The van der Waals surface area contributed by atoms with Gasteiger partial charge in [-0.3, -0.25) is 0 Å². The number of hydrogen-bond donors (Lipinski definition) is 1. The van der Waals surface area contributed by atoms with Crippen LogP contribution < -0.4 is 10.2 Å². The zero-order chi connectivity index (χ0) is 14.5. The van der Waals surface area contributed by atoms with Gasteiger partial charge in [0, 0.05) is 31.6 Å². The van der Waals surface area contributed by atoms with E-state index in [4.69, 9.17) is 9.72 Å². The third-order valence-corrected chi connectivity index (χ3v) is 5.18. The van der Waals surface area contributed by atoms with Crippen molar-refractivity contribution in [3.8, 4) is 0 Å². The van der Waals surface area contributed by atoms with Gasteiger partial charge in [-0.1, -0.05) is 20.8 Å². The van der Waals surface area contributed by atoms with E-state index in [1.807, 2.05) is 11.3 Å². The second-order valence-electron chi connectivity index (χ2n) is 5.82. The monoisotopic (exact) mass is 297 g/mol. The molecule has 1 fully saturated rings. The highest BCUT2D eigenvalue weighted by atomic mass is 32.1. The molecule has 0 radical (unpaired) electrons. The second-order valence-corrected chi connectivity index (χ2v) is 6.88. The number of nitrogens with one attached hydrogen (secondary N) is 1. The predicted molar refractivity (Wildman–Crippen MR) is 85.4 cm³/mol. The molecular weight excluding hydrogens is 270 g/mol. The van der Waals surface area contributed by atoms with Crippen molar-refractivity contribution in [2.45, 2.75) is 40.3 Å². The number of thiazole rings is 1. The first-order valence-corrected chi connectivity index (χ1v) is 8.40. The van der Waals surface area contributed by atoms with Crippen molar-refractivity contribution in [1.82, 2.24) is 10.3 Å². The standard InChI is InChI=1S/C15H27N3OS/c1-5-16-8-14-13(10-19-4)17-15(20-14)18-7-6-12(9-18)11(2)3/h11-12,16H,5-10H2,1-4H3. The lowest BCUT2D eigenvalue weighted by Gasteiger charge is -2.16. The first kappa shape index (κ1) is 15.7. The van der Waals surface area contributed by atoms with Crippen LogP contribution in [0.15, 0.2) is 0 Å². The molecule has 20 heavy (non-hydrogen) atoms. The van der Waals surface area contributed by atoms with Crippen LogP contribution in [0.1, 0.15) is 37.8 Å². The molecule has 1 aromatic rings. The molecule has 1 unspecified atom stereocenters. The molecule has 4 nitrogen and oxygen atoms in total. The first-order chi connectivity index (χ1) is 9.65. The molecule has 0 bridgehead atoms. The summed E-state index contributed by atoms with van der Waals surface area (Å²) >= 11 is 1.82. The number of methoxy groups -OCH3 is 1. The zero-order valence-electron chi connectivity index (χ0n) is 13.1. The van der Waals surface area contributed by atoms with Gasteiger partial charge in [-0.2, -0.15) is 0 Å². The highest BCUT2D eigenvalue weighted by Gasteiger charge is 2.27. The van der Waals surface area contributed by atoms with E-state index in [1.165, 1.54) is 16.4 Å². The maximum atomic E-state index is 5.28. The Hall–Kier alpha value is -0.650. The summed E-state index contributed by atoms with van der Waals surface area (Å²) in [6, 6.07) is 0. The van der Waals surface area contributed by atoms with Gasteiger partial charge in [0.1, 0.15) is 0 Å². The van der Waals surface area contributed by atoms with Crippen molar-refractivity contribution < 1.29 is 4.74 Å². The van der Waals surface area contributed by atoms with E-state index in [-0.39, 0.29) is 0 Å².